The third-order valence-electron chi connectivity index (χ3n) is 6.13. The Labute approximate surface area is 171 Å². The van der Waals surface area contributed by atoms with Crippen molar-refractivity contribution in [1.82, 2.24) is 14.9 Å². The smallest absolute Gasteiger partial charge is 0.161 e. The van der Waals surface area contributed by atoms with Crippen LogP contribution in [-0.2, 0) is 18.6 Å². The Kier molecular flexibility index (Phi) is 4.98. The number of nitrogens with one attached hydrogen (secondary N) is 1. The summed E-state index contributed by atoms with van der Waals surface area (Å²) >= 11 is 0. The number of hydrogen-bond donors (Lipinski definition) is 1. The molecule has 0 saturated heterocycles. The fraction of sp³-hybridized carbons (Fsp3) is 0.375. The molecule has 1 saturated carbocycles. The lowest BCUT2D eigenvalue weighted by atomic mass is 9.87. The Morgan fingerprint density at radius 3 is 2.59 bits per heavy atom. The van der Waals surface area contributed by atoms with Crippen molar-refractivity contribution in [3.8, 4) is 11.5 Å². The summed E-state index contributed by atoms with van der Waals surface area (Å²) in [5.41, 5.74) is 2.55. The fourth-order valence-electron chi connectivity index (χ4n) is 4.57. The minimum Gasteiger partial charge on any atom is -0.486 e. The number of imidazole rings is 1. The van der Waals surface area contributed by atoms with Gasteiger partial charge in [-0.05, 0) is 36.1 Å². The summed E-state index contributed by atoms with van der Waals surface area (Å²) in [5.74, 6) is 2.79. The maximum atomic E-state index is 5.84. The van der Waals surface area contributed by atoms with Crippen LogP contribution in [0.15, 0.2) is 60.9 Å². The summed E-state index contributed by atoms with van der Waals surface area (Å²) in [6.45, 7) is 2.83. The minimum atomic E-state index is -0.0284. The molecule has 3 aromatic rings. The number of ether oxygens (including phenoxy) is 2. The van der Waals surface area contributed by atoms with Crippen LogP contribution in [0.1, 0.15) is 42.6 Å². The molecule has 0 atom stereocenters. The highest BCUT2D eigenvalue weighted by Gasteiger charge is 2.36. The lowest BCUT2D eigenvalue weighted by molar-refractivity contribution is 0.170. The molecule has 1 aromatic heterocycles. The van der Waals surface area contributed by atoms with Crippen LogP contribution < -0.4 is 14.8 Å². The monoisotopic (exact) mass is 389 g/mol. The summed E-state index contributed by atoms with van der Waals surface area (Å²) < 4.78 is 13.8. The molecule has 1 N–H and O–H groups in total. The van der Waals surface area contributed by atoms with E-state index < -0.39 is 0 Å². The van der Waals surface area contributed by atoms with Crippen LogP contribution in [0.3, 0.4) is 0 Å². The summed E-state index contributed by atoms with van der Waals surface area (Å²) in [6, 6.07) is 17.0. The van der Waals surface area contributed by atoms with Crippen molar-refractivity contribution in [2.24, 2.45) is 0 Å². The van der Waals surface area contributed by atoms with Gasteiger partial charge in [-0.15, -0.1) is 0 Å². The van der Waals surface area contributed by atoms with Gasteiger partial charge in [0.2, 0.25) is 0 Å². The van der Waals surface area contributed by atoms with Gasteiger partial charge in [0.05, 0.1) is 6.54 Å². The first-order valence-corrected chi connectivity index (χ1v) is 10.5. The van der Waals surface area contributed by atoms with Crippen molar-refractivity contribution >= 4 is 0 Å². The van der Waals surface area contributed by atoms with Gasteiger partial charge in [-0.3, -0.25) is 0 Å². The molecule has 150 valence electrons. The van der Waals surface area contributed by atoms with Gasteiger partial charge in [0.15, 0.2) is 11.5 Å². The first-order chi connectivity index (χ1) is 14.3. The van der Waals surface area contributed by atoms with E-state index in [1.165, 1.54) is 24.0 Å². The average Bonchev–Trinajstić information content (AvgIpc) is 3.43. The van der Waals surface area contributed by atoms with Crippen LogP contribution in [-0.4, -0.2) is 22.8 Å². The molecule has 0 radical (unpaired) electrons. The third-order valence-corrected chi connectivity index (χ3v) is 6.13. The standard InChI is InChI=1S/C24H27N3O2/c1-2-6-19(7-3-1)18-27-13-12-25-23(27)17-26-24(10-4-5-11-24)20-8-9-21-22(16-20)29-15-14-28-21/h1-3,6-9,12-13,16,26H,4-5,10-11,14-15,17-18H2. The molecule has 0 amide bonds. The Balaban J connectivity index is 1.35. The number of benzene rings is 2. The zero-order valence-electron chi connectivity index (χ0n) is 16.6. The number of nitrogens with zero attached hydrogens (tertiary/aromatic N) is 2. The highest BCUT2D eigenvalue weighted by Crippen LogP contribution is 2.42. The minimum absolute atomic E-state index is 0.0284. The Bertz CT molecular complexity index is 961. The summed E-state index contributed by atoms with van der Waals surface area (Å²) in [6.07, 6.45) is 8.69. The van der Waals surface area contributed by atoms with E-state index in [1.54, 1.807) is 0 Å². The molecule has 2 heterocycles. The maximum absolute atomic E-state index is 5.84. The lowest BCUT2D eigenvalue weighted by Crippen LogP contribution is -2.40. The second-order valence-electron chi connectivity index (χ2n) is 7.96. The Morgan fingerprint density at radius 1 is 0.966 bits per heavy atom. The molecule has 2 aliphatic rings. The predicted molar refractivity (Wildman–Crippen MR) is 112 cm³/mol. The van der Waals surface area contributed by atoms with Crippen LogP contribution in [0.2, 0.25) is 0 Å². The molecular weight excluding hydrogens is 362 g/mol. The van der Waals surface area contributed by atoms with Gasteiger partial charge in [-0.25, -0.2) is 4.98 Å². The lowest BCUT2D eigenvalue weighted by Gasteiger charge is -2.32. The maximum Gasteiger partial charge on any atom is 0.161 e. The average molecular weight is 389 g/mol. The third kappa shape index (κ3) is 3.75. The van der Waals surface area contributed by atoms with Crippen LogP contribution in [0.25, 0.3) is 0 Å². The number of hydrogen-bond acceptors (Lipinski definition) is 4. The topological polar surface area (TPSA) is 48.3 Å². The van der Waals surface area contributed by atoms with Gasteiger partial charge < -0.3 is 19.4 Å². The highest BCUT2D eigenvalue weighted by atomic mass is 16.6. The quantitative estimate of drug-likeness (QED) is 0.684. The molecule has 5 rings (SSSR count). The van der Waals surface area contributed by atoms with E-state index in [0.717, 1.165) is 43.3 Å². The van der Waals surface area contributed by atoms with E-state index in [9.17, 15) is 0 Å². The second kappa shape index (κ2) is 7.91. The molecule has 0 bridgehead atoms. The van der Waals surface area contributed by atoms with Gasteiger partial charge in [0.1, 0.15) is 19.0 Å². The zero-order valence-corrected chi connectivity index (χ0v) is 16.6. The molecule has 29 heavy (non-hydrogen) atoms. The van der Waals surface area contributed by atoms with E-state index in [1.807, 2.05) is 6.20 Å². The summed E-state index contributed by atoms with van der Waals surface area (Å²) in [5, 5.41) is 3.87. The van der Waals surface area contributed by atoms with Crippen LogP contribution in [0, 0.1) is 0 Å². The molecular formula is C24H27N3O2. The van der Waals surface area contributed by atoms with Crippen LogP contribution >= 0.6 is 0 Å². The number of rotatable bonds is 6. The Hall–Kier alpha value is -2.79. The zero-order chi connectivity index (χ0) is 19.5. The highest BCUT2D eigenvalue weighted by molar-refractivity contribution is 5.46. The van der Waals surface area contributed by atoms with Gasteiger partial charge in [0.25, 0.3) is 0 Å². The van der Waals surface area contributed by atoms with Crippen molar-refractivity contribution in [2.75, 3.05) is 13.2 Å². The molecule has 0 spiro atoms. The van der Waals surface area contributed by atoms with E-state index in [-0.39, 0.29) is 5.54 Å². The molecule has 2 aromatic carbocycles. The van der Waals surface area contributed by atoms with Crippen molar-refractivity contribution in [3.63, 3.8) is 0 Å². The van der Waals surface area contributed by atoms with Gasteiger partial charge >= 0.3 is 0 Å². The second-order valence-corrected chi connectivity index (χ2v) is 7.96. The van der Waals surface area contributed by atoms with Gasteiger partial charge in [0, 0.05) is 24.5 Å². The van der Waals surface area contributed by atoms with Crippen LogP contribution in [0.4, 0.5) is 0 Å². The normalized spacial score (nSPS) is 17.4. The first-order valence-electron chi connectivity index (χ1n) is 10.5. The molecule has 5 nitrogen and oxygen atoms in total. The van der Waals surface area contributed by atoms with Gasteiger partial charge in [-0.1, -0.05) is 49.2 Å². The first kappa shape index (κ1) is 18.3. The SMILES string of the molecule is c1ccc(Cn2ccnc2CNC2(c3ccc4c(c3)OCCO4)CCCC2)cc1. The molecule has 1 fully saturated rings. The van der Waals surface area contributed by atoms with Crippen LogP contribution in [0.5, 0.6) is 11.5 Å². The summed E-state index contributed by atoms with van der Waals surface area (Å²) in [7, 11) is 0. The largest absolute Gasteiger partial charge is 0.486 e. The van der Waals surface area contributed by atoms with Crippen molar-refractivity contribution in [2.45, 2.75) is 44.3 Å². The summed E-state index contributed by atoms with van der Waals surface area (Å²) in [4.78, 5) is 4.62. The van der Waals surface area contributed by atoms with E-state index in [4.69, 9.17) is 9.47 Å². The fourth-order valence-corrected chi connectivity index (χ4v) is 4.57. The number of fused-ring (bicyclic) bond motifs is 1. The van der Waals surface area contributed by atoms with E-state index >= 15 is 0 Å². The predicted octanol–water partition coefficient (Wildman–Crippen LogP) is 4.26. The van der Waals surface area contributed by atoms with E-state index in [2.05, 4.69) is 69.6 Å². The molecule has 1 aliphatic carbocycles. The Morgan fingerprint density at radius 2 is 1.76 bits per heavy atom. The molecule has 5 heteroatoms. The van der Waals surface area contributed by atoms with Crippen molar-refractivity contribution < 1.29 is 9.47 Å². The molecule has 1 aliphatic heterocycles. The molecule has 0 unspecified atom stereocenters. The van der Waals surface area contributed by atoms with Crippen molar-refractivity contribution in [1.29, 1.82) is 0 Å². The van der Waals surface area contributed by atoms with Gasteiger partial charge in [-0.2, -0.15) is 0 Å². The van der Waals surface area contributed by atoms with E-state index in [0.29, 0.717) is 13.2 Å². The van der Waals surface area contributed by atoms with Crippen molar-refractivity contribution in [3.05, 3.63) is 77.9 Å². The number of aromatic nitrogens is 2.